The molecule has 0 bridgehead atoms. The molecule has 18 rings (SSSR count). The van der Waals surface area contributed by atoms with Crippen molar-refractivity contribution in [2.75, 3.05) is 80.1 Å². The Kier molecular flexibility index (Phi) is 27.4. The Labute approximate surface area is 719 Å². The molecular weight excluding hydrogens is 1580 g/mol. The lowest BCUT2D eigenvalue weighted by molar-refractivity contribution is 0.0598. The van der Waals surface area contributed by atoms with Gasteiger partial charge in [0.2, 0.25) is 0 Å². The monoisotopic (exact) mass is 1670 g/mol. The molecule has 8 heterocycles. The van der Waals surface area contributed by atoms with Crippen LogP contribution >= 0.6 is 0 Å². The number of nitrogens with zero attached hydrogens (tertiary/aromatic N) is 8. The predicted molar refractivity (Wildman–Crippen MR) is 492 cm³/mol. The number of para-hydroxylation sites is 2. The van der Waals surface area contributed by atoms with Gasteiger partial charge in [0.05, 0.1) is 81.4 Å². The number of carbonyl (C=O) groups is 5. The summed E-state index contributed by atoms with van der Waals surface area (Å²) < 4.78 is 22.9. The number of anilines is 5. The van der Waals surface area contributed by atoms with Crippen LogP contribution in [0.3, 0.4) is 0 Å². The molecule has 125 heavy (non-hydrogen) atoms. The number of likely N-dealkylation sites (tertiary alicyclic amines) is 3. The molecule has 0 saturated carbocycles. The molecular formula is C97H95FN18O9. The SMILES string of the molecule is C=C(Nc1ccc(F)cc1)c1n[nH]c2ccc(C(=O)N3CCCCC3)cc12.C=C(Nc1ccc(O)cc1)c1n[nH]c2ccc(C(=O)N3CCCCC3)cc12.C=C(Nc1ccc(OC)cc1)c1n[nH]c2ccc(C(=O)O)cc12.C=C(Nc1ccccc1)c1n[nH]c2ccc(C(=O)N3CCCCC3)cc12.C=C(Nc1ccccc1)c1n[nH]c2ccc(C(=O)OC)cc12. The minimum Gasteiger partial charge on any atom is -0.508 e. The van der Waals surface area contributed by atoms with Crippen LogP contribution in [0, 0.1) is 5.82 Å². The van der Waals surface area contributed by atoms with Crippen molar-refractivity contribution in [2.45, 2.75) is 57.8 Å². The van der Waals surface area contributed by atoms with Crippen LogP contribution in [-0.4, -0.2) is 159 Å². The van der Waals surface area contributed by atoms with E-state index >= 15 is 0 Å². The van der Waals surface area contributed by atoms with E-state index in [1.165, 1.54) is 44.6 Å². The number of carboxylic acid groups (broad SMARTS) is 1. The Morgan fingerprint density at radius 2 is 0.608 bits per heavy atom. The van der Waals surface area contributed by atoms with Gasteiger partial charge in [0.1, 0.15) is 45.8 Å². The number of H-pyrrole nitrogens is 5. The number of aromatic carboxylic acids is 1. The summed E-state index contributed by atoms with van der Waals surface area (Å²) in [5, 5.41) is 75.0. The number of aromatic amines is 5. The van der Waals surface area contributed by atoms with Crippen LogP contribution in [0.4, 0.5) is 32.8 Å². The maximum Gasteiger partial charge on any atom is 0.337 e. The highest BCUT2D eigenvalue weighted by molar-refractivity contribution is 6.05. The number of methoxy groups -OCH3 is 2. The zero-order valence-corrected chi connectivity index (χ0v) is 69.2. The molecule has 0 aliphatic carbocycles. The van der Waals surface area contributed by atoms with Crippen molar-refractivity contribution in [2.24, 2.45) is 0 Å². The number of hydrogen-bond acceptors (Lipinski definition) is 18. The highest BCUT2D eigenvalue weighted by Gasteiger charge is 2.25. The molecule has 0 unspecified atom stereocenters. The number of halogens is 1. The molecule has 3 fully saturated rings. The van der Waals surface area contributed by atoms with Crippen molar-refractivity contribution in [3.63, 3.8) is 0 Å². The first-order chi connectivity index (χ1) is 60.7. The molecule has 28 heteroatoms. The van der Waals surface area contributed by atoms with Crippen molar-refractivity contribution in [3.8, 4) is 11.5 Å². The number of rotatable bonds is 21. The second-order valence-corrected chi connectivity index (χ2v) is 30.1. The zero-order chi connectivity index (χ0) is 87.5. The molecule has 15 aromatic rings. The summed E-state index contributed by atoms with van der Waals surface area (Å²) in [7, 11) is 2.97. The fourth-order valence-corrected chi connectivity index (χ4v) is 14.8. The van der Waals surface area contributed by atoms with Gasteiger partial charge in [-0.15, -0.1) is 0 Å². The Bertz CT molecular complexity index is 6270. The summed E-state index contributed by atoms with van der Waals surface area (Å²) in [6.07, 6.45) is 10.0. The van der Waals surface area contributed by atoms with Gasteiger partial charge in [-0.1, -0.05) is 69.3 Å². The van der Waals surface area contributed by atoms with Gasteiger partial charge in [0.25, 0.3) is 17.7 Å². The number of phenolic OH excluding ortho intramolecular Hbond substituents is 1. The third-order valence-corrected chi connectivity index (χ3v) is 21.4. The van der Waals surface area contributed by atoms with Crippen LogP contribution in [-0.2, 0) is 4.74 Å². The van der Waals surface area contributed by atoms with Gasteiger partial charge in [-0.05, 0) is 246 Å². The van der Waals surface area contributed by atoms with Gasteiger partial charge in [0, 0.05) is 111 Å². The predicted octanol–water partition coefficient (Wildman–Crippen LogP) is 19.4. The summed E-state index contributed by atoms with van der Waals surface area (Å²) in [5.74, 6) is -0.461. The summed E-state index contributed by atoms with van der Waals surface area (Å²) in [4.78, 5) is 67.0. The van der Waals surface area contributed by atoms with E-state index in [0.717, 1.165) is 167 Å². The number of esters is 1. The van der Waals surface area contributed by atoms with Gasteiger partial charge >= 0.3 is 11.9 Å². The van der Waals surface area contributed by atoms with E-state index in [1.807, 2.05) is 154 Å². The van der Waals surface area contributed by atoms with E-state index in [-0.39, 0.29) is 40.8 Å². The number of piperidine rings is 3. The number of aromatic nitrogens is 10. The van der Waals surface area contributed by atoms with E-state index in [0.29, 0.717) is 78.9 Å². The lowest BCUT2D eigenvalue weighted by atomic mass is 10.1. The number of benzene rings is 10. The largest absolute Gasteiger partial charge is 0.508 e. The minimum atomic E-state index is -0.979. The first kappa shape index (κ1) is 85.5. The zero-order valence-electron chi connectivity index (χ0n) is 69.2. The number of carboxylic acids is 1. The fourth-order valence-electron chi connectivity index (χ4n) is 14.8. The number of fused-ring (bicyclic) bond motifs is 5. The molecule has 0 atom stereocenters. The molecule has 3 aliphatic rings. The molecule has 634 valence electrons. The second kappa shape index (κ2) is 40.0. The van der Waals surface area contributed by atoms with Crippen molar-refractivity contribution in [1.29, 1.82) is 0 Å². The van der Waals surface area contributed by atoms with Gasteiger partial charge < -0.3 is 61.0 Å². The fraction of sp³-hybridized carbons (Fsp3) is 0.175. The Morgan fingerprint density at radius 1 is 0.344 bits per heavy atom. The minimum absolute atomic E-state index is 0.0563. The van der Waals surface area contributed by atoms with Crippen LogP contribution in [0.25, 0.3) is 83.0 Å². The number of amides is 3. The molecule has 3 aliphatic heterocycles. The van der Waals surface area contributed by atoms with Crippen molar-refractivity contribution in [1.82, 2.24) is 65.7 Å². The highest BCUT2D eigenvalue weighted by Crippen LogP contribution is 2.33. The van der Waals surface area contributed by atoms with Gasteiger partial charge in [-0.2, -0.15) is 25.5 Å². The molecule has 0 spiro atoms. The van der Waals surface area contributed by atoms with Crippen molar-refractivity contribution in [3.05, 3.63) is 319 Å². The molecule has 0 radical (unpaired) electrons. The first-order valence-corrected chi connectivity index (χ1v) is 40.9. The number of phenols is 1. The lowest BCUT2D eigenvalue weighted by Gasteiger charge is -2.26. The summed E-state index contributed by atoms with van der Waals surface area (Å²) in [5.41, 5.74) is 17.5. The van der Waals surface area contributed by atoms with Crippen LogP contribution < -0.4 is 31.3 Å². The van der Waals surface area contributed by atoms with Crippen LogP contribution in [0.5, 0.6) is 11.5 Å². The Morgan fingerprint density at radius 3 is 0.904 bits per heavy atom. The van der Waals surface area contributed by atoms with E-state index in [9.17, 15) is 33.5 Å². The maximum absolute atomic E-state index is 13.1. The van der Waals surface area contributed by atoms with Crippen molar-refractivity contribution < 1.29 is 48.0 Å². The quantitative estimate of drug-likeness (QED) is 0.0235. The molecule has 12 N–H and O–H groups in total. The van der Waals surface area contributed by atoms with Gasteiger partial charge in [-0.25, -0.2) is 14.0 Å². The number of carbonyl (C=O) groups excluding carboxylic acids is 4. The highest BCUT2D eigenvalue weighted by atomic mass is 19.1. The third-order valence-electron chi connectivity index (χ3n) is 21.4. The van der Waals surface area contributed by atoms with E-state index in [1.54, 1.807) is 73.8 Å². The average Bonchev–Trinajstić information content (AvgIpc) is 1.70. The number of nitrogens with one attached hydrogen (secondary N) is 10. The van der Waals surface area contributed by atoms with Crippen LogP contribution in [0.2, 0.25) is 0 Å². The summed E-state index contributed by atoms with van der Waals surface area (Å²) >= 11 is 0. The van der Waals surface area contributed by atoms with E-state index in [4.69, 9.17) is 14.6 Å². The summed E-state index contributed by atoms with van der Waals surface area (Å²) in [6.45, 7) is 25.2. The second-order valence-electron chi connectivity index (χ2n) is 30.1. The maximum atomic E-state index is 13.1. The smallest absolute Gasteiger partial charge is 0.337 e. The van der Waals surface area contributed by atoms with Gasteiger partial charge in [-0.3, -0.25) is 39.9 Å². The third kappa shape index (κ3) is 21.1. The summed E-state index contributed by atoms with van der Waals surface area (Å²) in [6, 6.07) is 66.7. The molecule has 3 amide bonds. The topological polar surface area (TPSA) is 358 Å². The molecule has 27 nitrogen and oxygen atoms in total. The normalized spacial score (nSPS) is 12.9. The van der Waals surface area contributed by atoms with E-state index in [2.05, 4.69) is 110 Å². The standard InChI is InChI=1S/C21H21FN4O.C21H22N4O2.C21H22N4O.C17H15N3O3.C17H15N3O2/c1-14(23-17-8-6-16(22)7-9-17)20-18-13-15(5-10-19(18)24-25-20)21(27)26-11-3-2-4-12-26;1-14(22-16-6-8-17(26)9-7-16)20-18-13-15(5-10-19(18)23-24-20)21(27)25-11-3-2-4-12-25;1-15(22-17-8-4-2-5-9-17)20-18-14-16(10-11-19(18)23-24-20)21(26)25-12-6-3-7-13-25;1-10(18-12-4-6-13(23-2)7-5-12)16-14-9-11(17(21)22)3-8-15(14)19-20-16;1-11(18-13-6-4-3-5-7-13)16-14-10-12(17(21)22-2)8-9-15(14)19-20-16/h5-10,13,23H,1-4,11-12H2,(H,24,25);5-10,13,22,26H,1-4,11-12H2,(H,23,24);2,4-5,8-11,14,22H,1,3,6-7,12-13H2,(H,23,24);3-9,18H,1H2,2H3,(H,19,20)(H,21,22);3-10,18H,1H2,2H3,(H,19,20). The average molecular weight is 1680 g/mol. The molecule has 5 aromatic heterocycles. The number of ether oxygens (including phenoxy) is 2. The van der Waals surface area contributed by atoms with Crippen molar-refractivity contribution >= 4 is 141 Å². The molecule has 3 saturated heterocycles. The van der Waals surface area contributed by atoms with E-state index < -0.39 is 5.97 Å². The Hall–Kier alpha value is -15.9. The number of hydrogen-bond donors (Lipinski definition) is 12. The Balaban J connectivity index is 0.000000127. The number of aromatic hydroxyl groups is 1. The van der Waals surface area contributed by atoms with Crippen LogP contribution in [0.15, 0.2) is 257 Å². The van der Waals surface area contributed by atoms with Gasteiger partial charge in [0.15, 0.2) is 0 Å². The lowest BCUT2D eigenvalue weighted by Crippen LogP contribution is -2.35. The first-order valence-electron chi connectivity index (χ1n) is 40.9. The van der Waals surface area contributed by atoms with Crippen LogP contribution in [0.1, 0.15) is 138 Å². The molecule has 10 aromatic carbocycles.